The van der Waals surface area contributed by atoms with E-state index in [4.69, 9.17) is 24.6 Å². The first-order valence-electron chi connectivity index (χ1n) is 12.2. The van der Waals surface area contributed by atoms with E-state index in [0.29, 0.717) is 18.2 Å². The first-order chi connectivity index (χ1) is 21.5. The first-order valence-corrected chi connectivity index (χ1v) is 16.2. The zero-order valence-electron chi connectivity index (χ0n) is 23.1. The van der Waals surface area contributed by atoms with Gasteiger partial charge in [0.15, 0.2) is 19.2 Å². The predicted molar refractivity (Wildman–Crippen MR) is 138 cm³/mol. The molecule has 1 aromatic heterocycles. The lowest BCUT2D eigenvalue weighted by Gasteiger charge is -2.28. The first kappa shape index (κ1) is 39.6. The van der Waals surface area contributed by atoms with Gasteiger partial charge >= 0.3 is 12.4 Å². The number of carboxylic acid groups (broad SMARTS) is 1. The molecule has 0 fully saturated rings. The van der Waals surface area contributed by atoms with E-state index in [2.05, 4.69) is 11.5 Å². The summed E-state index contributed by atoms with van der Waals surface area (Å²) in [6.45, 7) is 0.0123. The molecule has 24 heteroatoms. The molecule has 260 valence electrons. The van der Waals surface area contributed by atoms with Gasteiger partial charge in [0.05, 0.1) is 21.9 Å². The van der Waals surface area contributed by atoms with Crippen molar-refractivity contribution in [3.05, 3.63) is 52.6 Å². The monoisotopic (exact) mass is 744 g/mol. The maximum absolute atomic E-state index is 15.3. The van der Waals surface area contributed by atoms with Crippen molar-refractivity contribution in [2.45, 2.75) is 22.3 Å². The summed E-state index contributed by atoms with van der Waals surface area (Å²) in [7, 11) is -10.8. The highest BCUT2D eigenvalue weighted by molar-refractivity contribution is 7.92. The van der Waals surface area contributed by atoms with E-state index >= 15 is 8.78 Å². The molecule has 0 aliphatic carbocycles. The number of sulfonamides is 1. The Hall–Kier alpha value is -3.62. The fraction of sp³-hybridized carbons (Fsp3) is 0.304. The van der Waals surface area contributed by atoms with Crippen LogP contribution in [0, 0.1) is 23.0 Å². The number of nitriles is 1. The van der Waals surface area contributed by atoms with E-state index < -0.39 is 95.8 Å². The fourth-order valence-electron chi connectivity index (χ4n) is 3.45. The van der Waals surface area contributed by atoms with Crippen LogP contribution in [0.4, 0.5) is 35.1 Å². The van der Waals surface area contributed by atoms with Crippen molar-refractivity contribution in [3.63, 3.8) is 0 Å². The van der Waals surface area contributed by atoms with Crippen molar-refractivity contribution in [1.82, 2.24) is 4.72 Å². The van der Waals surface area contributed by atoms with Gasteiger partial charge in [0.2, 0.25) is 11.5 Å². The molecule has 8 N–H and O–H groups in total. The minimum absolute atomic E-state index is 0.151. The Balaban J connectivity index is 0.000000984. The highest BCUT2D eigenvalue weighted by Gasteiger charge is 2.37. The lowest BCUT2D eigenvalue weighted by Crippen LogP contribution is -2.53. The van der Waals surface area contributed by atoms with Crippen molar-refractivity contribution in [2.75, 3.05) is 26.3 Å². The molecule has 3 rings (SSSR count). The number of carboxylic acids is 1. The number of benzene rings is 2. The second-order valence-electron chi connectivity index (χ2n) is 8.79. The van der Waals surface area contributed by atoms with Crippen LogP contribution in [0.15, 0.2) is 28.5 Å². The molecule has 1 heterocycles. The molecule has 0 bridgehead atoms. The van der Waals surface area contributed by atoms with Crippen molar-refractivity contribution in [1.29, 1.82) is 5.26 Å². The number of nitrogens with zero attached hydrogens (tertiary/aromatic N) is 1. The predicted octanol–water partition coefficient (Wildman–Crippen LogP) is 0.133. The normalized spacial score (nSPS) is 14.0. The van der Waals surface area contributed by atoms with Gasteiger partial charge in [0.25, 0.3) is 10.0 Å². The molecule has 0 aliphatic rings. The lowest BCUT2D eigenvalue weighted by molar-refractivity contribution is -0.372. The summed E-state index contributed by atoms with van der Waals surface area (Å²) in [4.78, 5) is 30.6. The quantitative estimate of drug-likeness (QED) is 0.153. The van der Waals surface area contributed by atoms with Crippen LogP contribution in [0.2, 0.25) is 0 Å². The molecule has 2 unspecified atom stereocenters. The number of aliphatic carboxylic acids is 1. The average molecular weight is 745 g/mol. The zero-order chi connectivity index (χ0) is 36.1. The van der Waals surface area contributed by atoms with Crippen LogP contribution in [0.5, 0.6) is 11.5 Å². The number of hydrogen-bond donors (Lipinski definition) is 4. The molecule has 47 heavy (non-hydrogen) atoms. The third kappa shape index (κ3) is 9.71. The standard InChI is InChI=1S/C21H20F5N4O7PS2.C2HF3O2/c22-15-12-8-14(39-19(12)16(23)18(37-6-4-28)17(15)36-5-3-27)40(34,35)30-20(38(31,32)33)10-1-2-11(9-29)13(7-10)21(24,25)26;3-2(4,5)1(6)7/h1-2,7-8,20,30H,3-6,27-28H2,(H2,31,32,33);(H,6,7). The number of fused-ring (bicyclic) bond motifs is 1. The number of quaternary nitrogens is 2. The highest BCUT2D eigenvalue weighted by Crippen LogP contribution is 2.49. The molecule has 0 amide bonds. The SMILES string of the molecule is N#Cc1ccc(C(NS(=O)(=O)c2cc3c(F)c(OCC[NH3+])c(OCC[NH3+])c(F)c3s2)P(=O)([O-])O)cc1C(F)(F)F.O=C([O-])C(F)(F)F. The topological polar surface area (TPSA) is 244 Å². The Morgan fingerprint density at radius 1 is 1.06 bits per heavy atom. The minimum atomic E-state index is -5.79. The van der Waals surface area contributed by atoms with Crippen LogP contribution < -0.4 is 35.7 Å². The summed E-state index contributed by atoms with van der Waals surface area (Å²) >= 11 is 0.161. The van der Waals surface area contributed by atoms with Gasteiger partial charge in [0, 0.05) is 5.39 Å². The van der Waals surface area contributed by atoms with E-state index in [1.54, 1.807) is 4.72 Å². The van der Waals surface area contributed by atoms with Crippen molar-refractivity contribution < 1.29 is 88.7 Å². The van der Waals surface area contributed by atoms with Crippen LogP contribution in [-0.4, -0.2) is 51.8 Å². The van der Waals surface area contributed by atoms with E-state index in [1.807, 2.05) is 0 Å². The van der Waals surface area contributed by atoms with Crippen LogP contribution in [0.25, 0.3) is 10.1 Å². The van der Waals surface area contributed by atoms with Crippen LogP contribution in [-0.2, 0) is 25.6 Å². The summed E-state index contributed by atoms with van der Waals surface area (Å²) < 4.78 is 151. The Labute approximate surface area is 262 Å². The highest BCUT2D eigenvalue weighted by atomic mass is 32.2. The van der Waals surface area contributed by atoms with Gasteiger partial charge < -0.3 is 45.2 Å². The summed E-state index contributed by atoms with van der Waals surface area (Å²) in [5, 5.41) is 17.2. The number of hydrogen-bond acceptors (Lipinski definition) is 10. The number of nitrogens with one attached hydrogen (secondary N) is 1. The second-order valence-corrected chi connectivity index (χ2v) is 13.4. The number of carbonyl (C=O) groups is 1. The van der Waals surface area contributed by atoms with Crippen LogP contribution >= 0.6 is 18.9 Å². The molecule has 0 aliphatic heterocycles. The smallest absolute Gasteiger partial charge is 0.430 e. The molecule has 0 spiro atoms. The number of rotatable bonds is 11. The molecule has 2 atom stereocenters. The van der Waals surface area contributed by atoms with Crippen LogP contribution in [0.1, 0.15) is 22.5 Å². The maximum Gasteiger partial charge on any atom is 0.430 e. The van der Waals surface area contributed by atoms with E-state index in [1.165, 1.54) is 6.07 Å². The molecule has 0 radical (unpaired) electrons. The molecule has 0 saturated heterocycles. The van der Waals surface area contributed by atoms with E-state index in [-0.39, 0.29) is 43.7 Å². The summed E-state index contributed by atoms with van der Waals surface area (Å²) in [5.41, 5.74) is 3.70. The average Bonchev–Trinajstić information content (AvgIpc) is 3.42. The van der Waals surface area contributed by atoms with Gasteiger partial charge in [-0.3, -0.25) is 0 Å². The number of carbonyl (C=O) groups excluding carboxylic acids is 1. The minimum Gasteiger partial charge on any atom is -0.777 e. The molecule has 0 saturated carbocycles. The Morgan fingerprint density at radius 3 is 2.00 bits per heavy atom. The molecular weight excluding hydrogens is 723 g/mol. The van der Waals surface area contributed by atoms with Gasteiger partial charge in [-0.25, -0.2) is 17.2 Å². The molecule has 3 aromatic rings. The molecular formula is C23H21F8N4O9PS2. The van der Waals surface area contributed by atoms with Crippen molar-refractivity contribution in [2.24, 2.45) is 0 Å². The number of thiophene rings is 1. The third-order valence-corrected chi connectivity index (χ3v) is 9.68. The third-order valence-electron chi connectivity index (χ3n) is 5.41. The number of ether oxygens (including phenoxy) is 2. The fourth-order valence-corrected chi connectivity index (χ4v) is 7.41. The van der Waals surface area contributed by atoms with Gasteiger partial charge in [-0.1, -0.05) is 6.07 Å². The lowest BCUT2D eigenvalue weighted by atomic mass is 10.0. The van der Waals surface area contributed by atoms with Gasteiger partial charge in [0.1, 0.15) is 42.3 Å². The van der Waals surface area contributed by atoms with Gasteiger partial charge in [-0.15, -0.1) is 11.3 Å². The van der Waals surface area contributed by atoms with E-state index in [9.17, 15) is 49.1 Å². The van der Waals surface area contributed by atoms with Crippen LogP contribution in [0.3, 0.4) is 0 Å². The Kier molecular flexibility index (Phi) is 12.7. The largest absolute Gasteiger partial charge is 0.777 e. The summed E-state index contributed by atoms with van der Waals surface area (Å²) in [5.74, 6) is -9.37. The molecule has 13 nitrogen and oxygen atoms in total. The van der Waals surface area contributed by atoms with Crippen molar-refractivity contribution >= 4 is 45.0 Å². The summed E-state index contributed by atoms with van der Waals surface area (Å²) in [6.07, 6.45) is -10.3. The molecule has 2 aromatic carbocycles. The Bertz CT molecular complexity index is 1770. The summed E-state index contributed by atoms with van der Waals surface area (Å²) in [6, 6.07) is 3.42. The van der Waals surface area contributed by atoms with Gasteiger partial charge in [-0.05, 0) is 23.8 Å². The zero-order valence-corrected chi connectivity index (χ0v) is 25.6. The van der Waals surface area contributed by atoms with Crippen molar-refractivity contribution in [3.8, 4) is 17.6 Å². The van der Waals surface area contributed by atoms with E-state index in [0.717, 1.165) is 0 Å². The second kappa shape index (κ2) is 15.1. The Morgan fingerprint density at radius 2 is 1.57 bits per heavy atom. The number of alkyl halides is 6. The number of halogens is 8. The maximum atomic E-state index is 15.3. The van der Waals surface area contributed by atoms with Gasteiger partial charge in [-0.2, -0.15) is 36.3 Å².